The molecule has 0 aromatic carbocycles. The van der Waals surface area contributed by atoms with Gasteiger partial charge >= 0.3 is 59.1 Å². The summed E-state index contributed by atoms with van der Waals surface area (Å²) in [5, 5.41) is 29.9. The third-order valence-corrected chi connectivity index (χ3v) is 4.11. The zero-order valence-electron chi connectivity index (χ0n) is 20.0. The summed E-state index contributed by atoms with van der Waals surface area (Å²) in [6.07, 6.45) is 7.88. The molecule has 0 fully saturated rings. The van der Waals surface area contributed by atoms with Crippen molar-refractivity contribution in [1.29, 1.82) is 0 Å². The Labute approximate surface area is 233 Å². The Balaban J connectivity index is -0.000000225. The third-order valence-electron chi connectivity index (χ3n) is 4.11. The Morgan fingerprint density at radius 1 is 0.516 bits per heavy atom. The quantitative estimate of drug-likeness (QED) is 0.0820. The number of carbonyl (C=O) groups is 2. The molecule has 0 aliphatic heterocycles. The number of hydrogen-bond acceptors (Lipinski definition) is 9. The van der Waals surface area contributed by atoms with Gasteiger partial charge in [0.05, 0.1) is 0 Å². The fraction of sp³-hybridized carbons (Fsp3) is 0.900. The van der Waals surface area contributed by atoms with E-state index in [0.717, 1.165) is 77.8 Å². The van der Waals surface area contributed by atoms with Gasteiger partial charge in [-0.05, 0) is 25.7 Å². The van der Waals surface area contributed by atoms with Gasteiger partial charge in [0.2, 0.25) is 0 Å². The molecule has 9 nitrogen and oxygen atoms in total. The number of aliphatic carboxylic acids is 2. The van der Waals surface area contributed by atoms with Crippen molar-refractivity contribution in [2.45, 2.75) is 64.2 Å². The van der Waals surface area contributed by atoms with E-state index in [2.05, 4.69) is 16.0 Å². The van der Waals surface area contributed by atoms with Gasteiger partial charge < -0.3 is 47.2 Å². The molecule has 0 aliphatic carbocycles. The fourth-order valence-electron chi connectivity index (χ4n) is 2.53. The zero-order chi connectivity index (χ0) is 22.0. The average molecular weight is 464 g/mol. The Kier molecular flexibility index (Phi) is 44.4. The maximum atomic E-state index is 10.1. The van der Waals surface area contributed by atoms with E-state index in [1.807, 2.05) is 0 Å². The summed E-state index contributed by atoms with van der Waals surface area (Å²) in [5.41, 5.74) is 10.6. The number of carboxylic acids is 2. The molecule has 0 saturated carbocycles. The zero-order valence-corrected chi connectivity index (χ0v) is 24.0. The van der Waals surface area contributed by atoms with Crippen molar-refractivity contribution in [1.82, 2.24) is 16.0 Å². The van der Waals surface area contributed by atoms with Crippen LogP contribution in [0, 0.1) is 0 Å². The summed E-state index contributed by atoms with van der Waals surface area (Å²) in [7, 11) is 0. The van der Waals surface area contributed by atoms with E-state index in [1.165, 1.54) is 0 Å². The van der Waals surface area contributed by atoms with Crippen LogP contribution in [0.15, 0.2) is 0 Å². The number of rotatable bonds is 21. The maximum Gasteiger partial charge on any atom is 1.00 e. The topological polar surface area (TPSA) is 168 Å². The van der Waals surface area contributed by atoms with Crippen LogP contribution in [0.1, 0.15) is 64.2 Å². The molecule has 0 saturated heterocycles. The standard InChI is InChI=1S/C12H22O4.C8H23N5.2Na/c13-11(14)9-7-5-3-1-2-4-6-8-10-12(15)16;9-1-3-11-5-7-13-8-6-12-4-2-10;;/h1-10H2,(H,13,14)(H,15,16);11-13H,1-10H2;;/q;;2*+1/p-2. The number of unbranched alkanes of at least 4 members (excludes halogenated alkanes) is 7. The normalized spacial score (nSPS) is 9.74. The van der Waals surface area contributed by atoms with Gasteiger partial charge in [0.25, 0.3) is 0 Å². The monoisotopic (exact) mass is 463 g/mol. The summed E-state index contributed by atoms with van der Waals surface area (Å²) < 4.78 is 0. The molecule has 0 atom stereocenters. The summed E-state index contributed by atoms with van der Waals surface area (Å²) in [6.45, 7) is 7.15. The van der Waals surface area contributed by atoms with Gasteiger partial charge in [0.1, 0.15) is 0 Å². The Hall–Kier alpha value is 0.740. The van der Waals surface area contributed by atoms with E-state index < -0.39 is 11.9 Å². The van der Waals surface area contributed by atoms with Gasteiger partial charge in [-0.1, -0.05) is 38.5 Å². The molecule has 174 valence electrons. The molecule has 31 heavy (non-hydrogen) atoms. The molecule has 0 spiro atoms. The Morgan fingerprint density at radius 2 is 0.774 bits per heavy atom. The van der Waals surface area contributed by atoms with E-state index in [9.17, 15) is 19.8 Å². The summed E-state index contributed by atoms with van der Waals surface area (Å²) >= 11 is 0. The molecule has 0 aliphatic rings. The van der Waals surface area contributed by atoms with Crippen molar-refractivity contribution in [3.05, 3.63) is 0 Å². The summed E-state index contributed by atoms with van der Waals surface area (Å²) in [5.74, 6) is -1.94. The van der Waals surface area contributed by atoms with E-state index in [-0.39, 0.29) is 72.0 Å². The third kappa shape index (κ3) is 45.1. The summed E-state index contributed by atoms with van der Waals surface area (Å²) in [6, 6.07) is 0. The number of hydrogen-bond donors (Lipinski definition) is 5. The van der Waals surface area contributed by atoms with Gasteiger partial charge in [-0.3, -0.25) is 0 Å². The first-order valence-electron chi connectivity index (χ1n) is 11.0. The Bertz CT molecular complexity index is 338. The van der Waals surface area contributed by atoms with Crippen LogP contribution in [0.5, 0.6) is 0 Å². The van der Waals surface area contributed by atoms with E-state index in [0.29, 0.717) is 25.9 Å². The molecular formula is C20H43N5Na2O4. The predicted octanol–water partition coefficient (Wildman–Crippen LogP) is -7.93. The van der Waals surface area contributed by atoms with Crippen LogP contribution in [0.2, 0.25) is 0 Å². The predicted molar refractivity (Wildman–Crippen MR) is 113 cm³/mol. The second-order valence-corrected chi connectivity index (χ2v) is 6.90. The van der Waals surface area contributed by atoms with E-state index in [1.54, 1.807) is 0 Å². The number of carboxylic acid groups (broad SMARTS) is 2. The second kappa shape index (κ2) is 35.3. The molecule has 11 heteroatoms. The van der Waals surface area contributed by atoms with Gasteiger partial charge in [0, 0.05) is 64.3 Å². The molecule has 0 unspecified atom stereocenters. The van der Waals surface area contributed by atoms with E-state index in [4.69, 9.17) is 11.5 Å². The second-order valence-electron chi connectivity index (χ2n) is 6.90. The van der Waals surface area contributed by atoms with Crippen LogP contribution < -0.4 is 96.7 Å². The van der Waals surface area contributed by atoms with E-state index >= 15 is 0 Å². The van der Waals surface area contributed by atoms with Crippen LogP contribution in [0.4, 0.5) is 0 Å². The first-order chi connectivity index (χ1) is 14.0. The molecule has 0 aromatic heterocycles. The van der Waals surface area contributed by atoms with Crippen molar-refractivity contribution in [2.75, 3.05) is 52.4 Å². The van der Waals surface area contributed by atoms with Gasteiger partial charge in [-0.25, -0.2) is 0 Å². The Morgan fingerprint density at radius 3 is 1.03 bits per heavy atom. The smallest absolute Gasteiger partial charge is 0.550 e. The van der Waals surface area contributed by atoms with Crippen LogP contribution in [-0.4, -0.2) is 64.3 Å². The van der Waals surface area contributed by atoms with Crippen LogP contribution in [0.3, 0.4) is 0 Å². The van der Waals surface area contributed by atoms with Crippen molar-refractivity contribution < 1.29 is 78.9 Å². The number of nitrogens with two attached hydrogens (primary N) is 2. The SMILES string of the molecule is NCCNCCNCCNCCN.O=C([O-])CCCCCCCCCCC(=O)[O-].[Na+].[Na+]. The minimum Gasteiger partial charge on any atom is -0.550 e. The molecule has 0 bridgehead atoms. The maximum absolute atomic E-state index is 10.1. The largest absolute Gasteiger partial charge is 1.00 e. The van der Waals surface area contributed by atoms with Crippen LogP contribution >= 0.6 is 0 Å². The first kappa shape index (κ1) is 39.0. The van der Waals surface area contributed by atoms with Crippen molar-refractivity contribution in [2.24, 2.45) is 11.5 Å². The molecule has 0 amide bonds. The summed E-state index contributed by atoms with van der Waals surface area (Å²) in [4.78, 5) is 20.2. The number of carbonyl (C=O) groups excluding carboxylic acids is 2. The number of nitrogens with one attached hydrogen (secondary N) is 3. The molecule has 7 N–H and O–H groups in total. The molecule has 0 aromatic rings. The van der Waals surface area contributed by atoms with Gasteiger partial charge in [-0.15, -0.1) is 0 Å². The van der Waals surface area contributed by atoms with Crippen LogP contribution in [0.25, 0.3) is 0 Å². The molecule has 0 radical (unpaired) electrons. The fourth-order valence-corrected chi connectivity index (χ4v) is 2.53. The van der Waals surface area contributed by atoms with Crippen molar-refractivity contribution in [3.63, 3.8) is 0 Å². The molecular weight excluding hydrogens is 420 g/mol. The van der Waals surface area contributed by atoms with Crippen LogP contribution in [-0.2, 0) is 9.59 Å². The minimum atomic E-state index is -0.970. The minimum absolute atomic E-state index is 0. The van der Waals surface area contributed by atoms with Crippen molar-refractivity contribution >= 4 is 11.9 Å². The van der Waals surface area contributed by atoms with Crippen molar-refractivity contribution in [3.8, 4) is 0 Å². The average Bonchev–Trinajstić information content (AvgIpc) is 2.68. The molecule has 0 heterocycles. The first-order valence-corrected chi connectivity index (χ1v) is 11.0. The molecule has 0 rings (SSSR count). The van der Waals surface area contributed by atoms with Gasteiger partial charge in [0.15, 0.2) is 0 Å². The van der Waals surface area contributed by atoms with Gasteiger partial charge in [-0.2, -0.15) is 0 Å².